The predicted octanol–water partition coefficient (Wildman–Crippen LogP) is 0.733. The topological polar surface area (TPSA) is 66.6 Å². The maximum absolute atomic E-state index is 12.0. The smallest absolute Gasteiger partial charge is 0.239 e. The number of aliphatic hydroxyl groups is 1. The summed E-state index contributed by atoms with van der Waals surface area (Å²) < 4.78 is 0. The van der Waals surface area contributed by atoms with E-state index in [1.807, 2.05) is 20.8 Å². The van der Waals surface area contributed by atoms with Crippen LogP contribution in [-0.2, 0) is 4.79 Å². The molecule has 0 aromatic rings. The minimum atomic E-state index is -0.614. The summed E-state index contributed by atoms with van der Waals surface area (Å²) in [6.07, 6.45) is 2.20. The number of hydrogen-bond donors (Lipinski definition) is 2. The fraction of sp³-hybridized carbons (Fsp3) is 0.917. The van der Waals surface area contributed by atoms with Crippen molar-refractivity contribution in [3.8, 4) is 0 Å². The quantitative estimate of drug-likeness (QED) is 0.748. The first-order valence-corrected chi connectivity index (χ1v) is 6.14. The lowest BCUT2D eigenvalue weighted by Gasteiger charge is -2.37. The van der Waals surface area contributed by atoms with Gasteiger partial charge in [0.1, 0.15) is 0 Å². The number of nitrogens with two attached hydrogens (primary N) is 1. The van der Waals surface area contributed by atoms with E-state index in [4.69, 9.17) is 5.73 Å². The lowest BCUT2D eigenvalue weighted by molar-refractivity contribution is -0.137. The summed E-state index contributed by atoms with van der Waals surface area (Å²) in [5, 5.41) is 9.80. The summed E-state index contributed by atoms with van der Waals surface area (Å²) in [4.78, 5) is 13.8. The summed E-state index contributed by atoms with van der Waals surface area (Å²) >= 11 is 0. The van der Waals surface area contributed by atoms with Gasteiger partial charge in [0, 0.05) is 13.1 Å². The van der Waals surface area contributed by atoms with Crippen LogP contribution in [0.15, 0.2) is 0 Å². The summed E-state index contributed by atoms with van der Waals surface area (Å²) in [6.45, 7) is 7.11. The second-order valence-electron chi connectivity index (χ2n) is 5.23. The van der Waals surface area contributed by atoms with Crippen molar-refractivity contribution in [1.29, 1.82) is 0 Å². The van der Waals surface area contributed by atoms with Gasteiger partial charge in [-0.15, -0.1) is 0 Å². The Bertz CT molecular complexity index is 243. The first-order chi connectivity index (χ1) is 7.37. The van der Waals surface area contributed by atoms with Crippen LogP contribution < -0.4 is 5.73 Å². The van der Waals surface area contributed by atoms with Crippen LogP contribution in [0, 0.1) is 5.92 Å². The number of carbonyl (C=O) groups excluding carboxylic acids is 1. The van der Waals surface area contributed by atoms with Crippen LogP contribution in [0.1, 0.15) is 40.0 Å². The molecule has 0 bridgehead atoms. The van der Waals surface area contributed by atoms with E-state index in [-0.39, 0.29) is 11.8 Å². The Morgan fingerprint density at radius 3 is 2.44 bits per heavy atom. The van der Waals surface area contributed by atoms with Gasteiger partial charge < -0.3 is 15.7 Å². The molecule has 4 heteroatoms. The average molecular weight is 228 g/mol. The van der Waals surface area contributed by atoms with Crippen LogP contribution >= 0.6 is 0 Å². The molecule has 1 aliphatic heterocycles. The standard InChI is InChI=1S/C12H24N2O2/c1-4-9(2)10(13)11(15)14-7-5-12(3,16)6-8-14/h9-10,16H,4-8,13H2,1-3H3/t9-,10-/m0/s1. The second-order valence-corrected chi connectivity index (χ2v) is 5.23. The van der Waals surface area contributed by atoms with Crippen LogP contribution in [-0.4, -0.2) is 40.6 Å². The maximum atomic E-state index is 12.0. The SMILES string of the molecule is CC[C@H](C)[C@H](N)C(=O)N1CCC(C)(O)CC1. The van der Waals surface area contributed by atoms with Crippen molar-refractivity contribution in [2.75, 3.05) is 13.1 Å². The zero-order chi connectivity index (χ0) is 12.3. The zero-order valence-electron chi connectivity index (χ0n) is 10.6. The Kier molecular flexibility index (Phi) is 4.33. The number of amides is 1. The third-order valence-corrected chi connectivity index (χ3v) is 3.69. The highest BCUT2D eigenvalue weighted by Gasteiger charge is 2.32. The fourth-order valence-electron chi connectivity index (χ4n) is 1.92. The Morgan fingerprint density at radius 2 is 2.00 bits per heavy atom. The van der Waals surface area contributed by atoms with Crippen LogP contribution in [0.2, 0.25) is 0 Å². The Balaban J connectivity index is 2.50. The van der Waals surface area contributed by atoms with Crippen molar-refractivity contribution in [3.05, 3.63) is 0 Å². The van der Waals surface area contributed by atoms with Gasteiger partial charge in [-0.1, -0.05) is 20.3 Å². The van der Waals surface area contributed by atoms with Gasteiger partial charge in [-0.05, 0) is 25.7 Å². The molecule has 0 aromatic carbocycles. The van der Waals surface area contributed by atoms with Gasteiger partial charge in [0.2, 0.25) is 5.91 Å². The van der Waals surface area contributed by atoms with Crippen LogP contribution in [0.3, 0.4) is 0 Å². The van der Waals surface area contributed by atoms with Crippen molar-refractivity contribution in [2.24, 2.45) is 11.7 Å². The van der Waals surface area contributed by atoms with E-state index >= 15 is 0 Å². The van der Waals surface area contributed by atoms with Crippen molar-refractivity contribution in [2.45, 2.75) is 51.7 Å². The molecular formula is C12H24N2O2. The molecule has 0 aromatic heterocycles. The molecule has 0 aliphatic carbocycles. The average Bonchev–Trinajstić information content (AvgIpc) is 2.26. The van der Waals surface area contributed by atoms with E-state index in [1.54, 1.807) is 4.90 Å². The third-order valence-electron chi connectivity index (χ3n) is 3.69. The van der Waals surface area contributed by atoms with E-state index in [0.717, 1.165) is 6.42 Å². The van der Waals surface area contributed by atoms with Gasteiger partial charge in [-0.2, -0.15) is 0 Å². The molecule has 1 saturated heterocycles. The molecule has 1 fully saturated rings. The molecule has 1 amide bonds. The number of rotatable bonds is 3. The lowest BCUT2D eigenvalue weighted by atomic mass is 9.92. The molecule has 94 valence electrons. The predicted molar refractivity (Wildman–Crippen MR) is 63.9 cm³/mol. The molecular weight excluding hydrogens is 204 g/mol. The Labute approximate surface area is 97.8 Å². The molecule has 2 atom stereocenters. The molecule has 0 radical (unpaired) electrons. The van der Waals surface area contributed by atoms with Crippen LogP contribution in [0.25, 0.3) is 0 Å². The molecule has 0 saturated carbocycles. The molecule has 16 heavy (non-hydrogen) atoms. The summed E-state index contributed by atoms with van der Waals surface area (Å²) in [6, 6.07) is -0.395. The minimum absolute atomic E-state index is 0.0323. The van der Waals surface area contributed by atoms with Gasteiger partial charge in [0.25, 0.3) is 0 Å². The van der Waals surface area contributed by atoms with Crippen LogP contribution in [0.5, 0.6) is 0 Å². The first kappa shape index (κ1) is 13.5. The van der Waals surface area contributed by atoms with Gasteiger partial charge >= 0.3 is 0 Å². The molecule has 1 heterocycles. The highest BCUT2D eigenvalue weighted by molar-refractivity contribution is 5.82. The Morgan fingerprint density at radius 1 is 1.50 bits per heavy atom. The van der Waals surface area contributed by atoms with Crippen molar-refractivity contribution in [3.63, 3.8) is 0 Å². The third kappa shape index (κ3) is 3.19. The molecule has 1 rings (SSSR count). The van der Waals surface area contributed by atoms with Crippen molar-refractivity contribution >= 4 is 5.91 Å². The molecule has 3 N–H and O–H groups in total. The summed E-state index contributed by atoms with van der Waals surface area (Å²) in [7, 11) is 0. The number of hydrogen-bond acceptors (Lipinski definition) is 3. The highest BCUT2D eigenvalue weighted by atomic mass is 16.3. The lowest BCUT2D eigenvalue weighted by Crippen LogP contribution is -2.52. The highest BCUT2D eigenvalue weighted by Crippen LogP contribution is 2.22. The fourth-order valence-corrected chi connectivity index (χ4v) is 1.92. The number of likely N-dealkylation sites (tertiary alicyclic amines) is 1. The van der Waals surface area contributed by atoms with Gasteiger partial charge in [-0.25, -0.2) is 0 Å². The van der Waals surface area contributed by atoms with E-state index < -0.39 is 11.6 Å². The van der Waals surface area contributed by atoms with E-state index in [2.05, 4.69) is 0 Å². The van der Waals surface area contributed by atoms with Gasteiger partial charge in [0.05, 0.1) is 11.6 Å². The monoisotopic (exact) mass is 228 g/mol. The molecule has 1 aliphatic rings. The van der Waals surface area contributed by atoms with Gasteiger partial charge in [-0.3, -0.25) is 4.79 Å². The maximum Gasteiger partial charge on any atom is 0.239 e. The molecule has 0 spiro atoms. The van der Waals surface area contributed by atoms with Crippen LogP contribution in [0.4, 0.5) is 0 Å². The second kappa shape index (κ2) is 5.15. The Hall–Kier alpha value is -0.610. The molecule has 0 unspecified atom stereocenters. The number of piperidine rings is 1. The molecule has 4 nitrogen and oxygen atoms in total. The van der Waals surface area contributed by atoms with E-state index in [0.29, 0.717) is 25.9 Å². The van der Waals surface area contributed by atoms with E-state index in [1.165, 1.54) is 0 Å². The number of carbonyl (C=O) groups is 1. The largest absolute Gasteiger partial charge is 0.390 e. The van der Waals surface area contributed by atoms with Crippen molar-refractivity contribution in [1.82, 2.24) is 4.90 Å². The normalized spacial score (nSPS) is 23.9. The minimum Gasteiger partial charge on any atom is -0.390 e. The number of nitrogens with zero attached hydrogens (tertiary/aromatic N) is 1. The van der Waals surface area contributed by atoms with Crippen molar-refractivity contribution < 1.29 is 9.90 Å². The van der Waals surface area contributed by atoms with Gasteiger partial charge in [0.15, 0.2) is 0 Å². The summed E-state index contributed by atoms with van der Waals surface area (Å²) in [5.41, 5.74) is 5.30. The van der Waals surface area contributed by atoms with E-state index in [9.17, 15) is 9.90 Å². The summed E-state index contributed by atoms with van der Waals surface area (Å²) in [5.74, 6) is 0.250. The zero-order valence-corrected chi connectivity index (χ0v) is 10.6. The first-order valence-electron chi connectivity index (χ1n) is 6.14.